The molecule has 0 aliphatic carbocycles. The molecule has 1 rings (SSSR count). The highest BCUT2D eigenvalue weighted by atomic mass is 16.5. The van der Waals surface area contributed by atoms with Crippen LogP contribution in [0, 0.1) is 0 Å². The van der Waals surface area contributed by atoms with Crippen LogP contribution in [-0.4, -0.2) is 37.2 Å². The van der Waals surface area contributed by atoms with Gasteiger partial charge in [-0.15, -0.1) is 0 Å². The molecule has 0 aromatic carbocycles. The molecular weight excluding hydrogens is 218 g/mol. The topological polar surface area (TPSA) is 63.2 Å². The number of hydrogen-bond acceptors (Lipinski definition) is 4. The SMILES string of the molecule is CCOCC(C)Nc1ccnc(C(=O)NC)c1. The number of anilines is 1. The Balaban J connectivity index is 2.62. The van der Waals surface area contributed by atoms with Gasteiger partial charge in [0.15, 0.2) is 0 Å². The van der Waals surface area contributed by atoms with E-state index < -0.39 is 0 Å². The fourth-order valence-corrected chi connectivity index (χ4v) is 1.39. The third kappa shape index (κ3) is 4.40. The smallest absolute Gasteiger partial charge is 0.269 e. The summed E-state index contributed by atoms with van der Waals surface area (Å²) in [5.74, 6) is -0.189. The molecule has 1 unspecified atom stereocenters. The van der Waals surface area contributed by atoms with Crippen LogP contribution in [0.2, 0.25) is 0 Å². The minimum Gasteiger partial charge on any atom is -0.380 e. The van der Waals surface area contributed by atoms with Crippen molar-refractivity contribution in [3.05, 3.63) is 24.0 Å². The van der Waals surface area contributed by atoms with Crippen LogP contribution in [0.1, 0.15) is 24.3 Å². The highest BCUT2D eigenvalue weighted by Crippen LogP contribution is 2.09. The lowest BCUT2D eigenvalue weighted by Gasteiger charge is -2.15. The third-order valence-corrected chi connectivity index (χ3v) is 2.20. The molecule has 0 saturated heterocycles. The van der Waals surface area contributed by atoms with Crippen molar-refractivity contribution in [2.45, 2.75) is 19.9 Å². The van der Waals surface area contributed by atoms with E-state index in [1.165, 1.54) is 0 Å². The van der Waals surface area contributed by atoms with Crippen molar-refractivity contribution in [3.8, 4) is 0 Å². The lowest BCUT2D eigenvalue weighted by Crippen LogP contribution is -2.23. The standard InChI is InChI=1S/C12H19N3O2/c1-4-17-8-9(2)15-10-5-6-14-11(7-10)12(16)13-3/h5-7,9H,4,8H2,1-3H3,(H,13,16)(H,14,15). The molecule has 0 aliphatic rings. The van der Waals surface area contributed by atoms with Gasteiger partial charge in [-0.1, -0.05) is 0 Å². The zero-order chi connectivity index (χ0) is 12.7. The Morgan fingerprint density at radius 1 is 1.59 bits per heavy atom. The number of ether oxygens (including phenoxy) is 1. The van der Waals surface area contributed by atoms with E-state index in [-0.39, 0.29) is 11.9 Å². The number of carbonyl (C=O) groups is 1. The van der Waals surface area contributed by atoms with E-state index in [1.54, 1.807) is 19.3 Å². The van der Waals surface area contributed by atoms with Crippen LogP contribution in [0.15, 0.2) is 18.3 Å². The minimum absolute atomic E-state index is 0.189. The van der Waals surface area contributed by atoms with Gasteiger partial charge in [-0.25, -0.2) is 0 Å². The number of pyridine rings is 1. The van der Waals surface area contributed by atoms with Crippen molar-refractivity contribution in [1.29, 1.82) is 0 Å². The molecule has 0 spiro atoms. The number of hydrogen-bond donors (Lipinski definition) is 2. The molecule has 5 nitrogen and oxygen atoms in total. The largest absolute Gasteiger partial charge is 0.380 e. The molecule has 0 fully saturated rings. The third-order valence-electron chi connectivity index (χ3n) is 2.20. The molecule has 1 aromatic rings. The second kappa shape index (κ2) is 6.85. The molecule has 94 valence electrons. The normalized spacial score (nSPS) is 11.9. The predicted molar refractivity (Wildman–Crippen MR) is 67.2 cm³/mol. The van der Waals surface area contributed by atoms with Crippen LogP contribution >= 0.6 is 0 Å². The molecule has 1 aromatic heterocycles. The van der Waals surface area contributed by atoms with Crippen molar-refractivity contribution in [1.82, 2.24) is 10.3 Å². The zero-order valence-corrected chi connectivity index (χ0v) is 10.5. The maximum Gasteiger partial charge on any atom is 0.269 e. The Hall–Kier alpha value is -1.62. The first-order chi connectivity index (χ1) is 8.17. The molecule has 0 bridgehead atoms. The van der Waals surface area contributed by atoms with Gasteiger partial charge in [0.25, 0.3) is 5.91 Å². The monoisotopic (exact) mass is 237 g/mol. The number of carbonyl (C=O) groups excluding carboxylic acids is 1. The summed E-state index contributed by atoms with van der Waals surface area (Å²) in [7, 11) is 1.59. The molecule has 1 atom stereocenters. The summed E-state index contributed by atoms with van der Waals surface area (Å²) >= 11 is 0. The molecule has 1 heterocycles. The van der Waals surface area contributed by atoms with E-state index >= 15 is 0 Å². The first-order valence-corrected chi connectivity index (χ1v) is 5.69. The lowest BCUT2D eigenvalue weighted by molar-refractivity contribution is 0.0958. The van der Waals surface area contributed by atoms with Crippen LogP contribution in [-0.2, 0) is 4.74 Å². The zero-order valence-electron chi connectivity index (χ0n) is 10.5. The fourth-order valence-electron chi connectivity index (χ4n) is 1.39. The predicted octanol–water partition coefficient (Wildman–Crippen LogP) is 1.28. The molecule has 0 saturated carbocycles. The van der Waals surface area contributed by atoms with Crippen molar-refractivity contribution < 1.29 is 9.53 Å². The van der Waals surface area contributed by atoms with Gasteiger partial charge in [0.1, 0.15) is 5.69 Å². The van der Waals surface area contributed by atoms with Gasteiger partial charge in [-0.2, -0.15) is 0 Å². The van der Waals surface area contributed by atoms with Crippen molar-refractivity contribution in [3.63, 3.8) is 0 Å². The highest BCUT2D eigenvalue weighted by Gasteiger charge is 2.07. The quantitative estimate of drug-likeness (QED) is 0.782. The Labute approximate surface area is 102 Å². The summed E-state index contributed by atoms with van der Waals surface area (Å²) in [4.78, 5) is 15.4. The van der Waals surface area contributed by atoms with Crippen LogP contribution in [0.4, 0.5) is 5.69 Å². The van der Waals surface area contributed by atoms with Gasteiger partial charge < -0.3 is 15.4 Å². The van der Waals surface area contributed by atoms with Crippen molar-refractivity contribution in [2.75, 3.05) is 25.6 Å². The first kappa shape index (κ1) is 13.4. The number of amides is 1. The summed E-state index contributed by atoms with van der Waals surface area (Å²) < 4.78 is 5.31. The average molecular weight is 237 g/mol. The molecule has 1 amide bonds. The van der Waals surface area contributed by atoms with Gasteiger partial charge in [0, 0.05) is 31.6 Å². The summed E-state index contributed by atoms with van der Waals surface area (Å²) in [5, 5.41) is 5.79. The van der Waals surface area contributed by atoms with Crippen LogP contribution in [0.5, 0.6) is 0 Å². The van der Waals surface area contributed by atoms with Crippen LogP contribution in [0.3, 0.4) is 0 Å². The number of rotatable bonds is 6. The van der Waals surface area contributed by atoms with E-state index in [4.69, 9.17) is 4.74 Å². The van der Waals surface area contributed by atoms with E-state index in [2.05, 4.69) is 15.6 Å². The summed E-state index contributed by atoms with van der Waals surface area (Å²) in [6.45, 7) is 5.32. The Kier molecular flexibility index (Phi) is 5.42. The molecule has 2 N–H and O–H groups in total. The van der Waals surface area contributed by atoms with Gasteiger partial charge in [0.05, 0.1) is 6.61 Å². The summed E-state index contributed by atoms with van der Waals surface area (Å²) in [6, 6.07) is 3.74. The van der Waals surface area contributed by atoms with Gasteiger partial charge >= 0.3 is 0 Å². The average Bonchev–Trinajstić information content (AvgIpc) is 2.35. The van der Waals surface area contributed by atoms with E-state index in [0.29, 0.717) is 18.9 Å². The summed E-state index contributed by atoms with van der Waals surface area (Å²) in [6.07, 6.45) is 1.61. The molecule has 5 heteroatoms. The Bertz CT molecular complexity index is 369. The molecule has 17 heavy (non-hydrogen) atoms. The fraction of sp³-hybridized carbons (Fsp3) is 0.500. The van der Waals surface area contributed by atoms with Crippen molar-refractivity contribution in [2.24, 2.45) is 0 Å². The second-order valence-electron chi connectivity index (χ2n) is 3.71. The van der Waals surface area contributed by atoms with Gasteiger partial charge in [-0.3, -0.25) is 9.78 Å². The molecule has 0 aliphatic heterocycles. The molecular formula is C12H19N3O2. The maximum atomic E-state index is 11.4. The first-order valence-electron chi connectivity index (χ1n) is 5.69. The van der Waals surface area contributed by atoms with E-state index in [1.807, 2.05) is 19.9 Å². The molecule has 0 radical (unpaired) electrons. The number of nitrogens with zero attached hydrogens (tertiary/aromatic N) is 1. The highest BCUT2D eigenvalue weighted by molar-refractivity contribution is 5.92. The Morgan fingerprint density at radius 2 is 2.35 bits per heavy atom. The number of aromatic nitrogens is 1. The number of nitrogens with one attached hydrogen (secondary N) is 2. The second-order valence-corrected chi connectivity index (χ2v) is 3.71. The van der Waals surface area contributed by atoms with E-state index in [9.17, 15) is 4.79 Å². The Morgan fingerprint density at radius 3 is 3.00 bits per heavy atom. The summed E-state index contributed by atoms with van der Waals surface area (Å²) in [5.41, 5.74) is 1.27. The van der Waals surface area contributed by atoms with Crippen LogP contribution < -0.4 is 10.6 Å². The minimum atomic E-state index is -0.189. The van der Waals surface area contributed by atoms with Crippen molar-refractivity contribution >= 4 is 11.6 Å². The van der Waals surface area contributed by atoms with E-state index in [0.717, 1.165) is 5.69 Å². The van der Waals surface area contributed by atoms with Crippen LogP contribution in [0.25, 0.3) is 0 Å². The van der Waals surface area contributed by atoms with Gasteiger partial charge in [-0.05, 0) is 26.0 Å². The maximum absolute atomic E-state index is 11.4. The van der Waals surface area contributed by atoms with Gasteiger partial charge in [0.2, 0.25) is 0 Å². The lowest BCUT2D eigenvalue weighted by atomic mass is 10.2.